The quantitative estimate of drug-likeness (QED) is 0.755. The summed E-state index contributed by atoms with van der Waals surface area (Å²) in [5.74, 6) is -0.190. The van der Waals surface area contributed by atoms with E-state index in [9.17, 15) is 4.79 Å². The first-order valence-electron chi connectivity index (χ1n) is 6.42. The summed E-state index contributed by atoms with van der Waals surface area (Å²) in [4.78, 5) is 15.7. The van der Waals surface area contributed by atoms with E-state index >= 15 is 0 Å². The van der Waals surface area contributed by atoms with Crippen molar-refractivity contribution in [2.24, 2.45) is 0 Å². The first kappa shape index (κ1) is 14.6. The Labute approximate surface area is 109 Å². The van der Waals surface area contributed by atoms with Gasteiger partial charge in [-0.15, -0.1) is 0 Å². The fourth-order valence-electron chi connectivity index (χ4n) is 1.87. The molecule has 1 aromatic rings. The number of pyridine rings is 1. The van der Waals surface area contributed by atoms with E-state index in [-0.39, 0.29) is 18.1 Å². The van der Waals surface area contributed by atoms with Crippen LogP contribution in [0.1, 0.15) is 44.7 Å². The van der Waals surface area contributed by atoms with E-state index in [1.54, 1.807) is 12.4 Å². The maximum Gasteiger partial charge on any atom is 0.322 e. The zero-order valence-electron chi connectivity index (χ0n) is 11.3. The van der Waals surface area contributed by atoms with Crippen molar-refractivity contribution in [3.05, 3.63) is 30.1 Å². The Kier molecular flexibility index (Phi) is 6.36. The molecular formula is C14H22N2O2. The topological polar surface area (TPSA) is 51.2 Å². The molecule has 2 atom stereocenters. The van der Waals surface area contributed by atoms with Crippen molar-refractivity contribution in [1.82, 2.24) is 10.3 Å². The summed E-state index contributed by atoms with van der Waals surface area (Å²) in [5.41, 5.74) is 1.12. The predicted molar refractivity (Wildman–Crippen MR) is 71.1 cm³/mol. The lowest BCUT2D eigenvalue weighted by atomic mass is 10.1. The number of rotatable bonds is 7. The molecule has 1 unspecified atom stereocenters. The van der Waals surface area contributed by atoms with Crippen molar-refractivity contribution < 1.29 is 9.53 Å². The van der Waals surface area contributed by atoms with E-state index in [4.69, 9.17) is 4.74 Å². The Balaban J connectivity index is 2.62. The largest absolute Gasteiger partial charge is 0.468 e. The second kappa shape index (κ2) is 7.82. The first-order valence-corrected chi connectivity index (χ1v) is 6.42. The number of hydrogen-bond donors (Lipinski definition) is 1. The van der Waals surface area contributed by atoms with Crippen LogP contribution in [0.4, 0.5) is 0 Å². The van der Waals surface area contributed by atoms with Crippen molar-refractivity contribution in [2.45, 2.75) is 45.2 Å². The van der Waals surface area contributed by atoms with Gasteiger partial charge in [-0.3, -0.25) is 15.1 Å². The molecule has 0 amide bonds. The molecule has 1 heterocycles. The van der Waals surface area contributed by atoms with E-state index in [1.165, 1.54) is 7.11 Å². The molecule has 18 heavy (non-hydrogen) atoms. The van der Waals surface area contributed by atoms with Crippen LogP contribution in [-0.2, 0) is 9.53 Å². The molecule has 0 saturated carbocycles. The summed E-state index contributed by atoms with van der Waals surface area (Å²) in [6, 6.07) is 3.77. The summed E-state index contributed by atoms with van der Waals surface area (Å²) in [6.45, 7) is 4.15. The van der Waals surface area contributed by atoms with Gasteiger partial charge in [0.15, 0.2) is 0 Å². The van der Waals surface area contributed by atoms with Crippen LogP contribution < -0.4 is 5.32 Å². The SMILES string of the molecule is CCCCC(N[C@@H](C)c1ccncc1)C(=O)OC. The summed E-state index contributed by atoms with van der Waals surface area (Å²) in [5, 5.41) is 3.32. The lowest BCUT2D eigenvalue weighted by molar-refractivity contribution is -0.143. The van der Waals surface area contributed by atoms with Crippen LogP contribution in [0, 0.1) is 0 Å². The predicted octanol–water partition coefficient (Wildman–Crippen LogP) is 2.46. The fourth-order valence-corrected chi connectivity index (χ4v) is 1.87. The number of nitrogens with zero attached hydrogens (tertiary/aromatic N) is 1. The molecule has 4 nitrogen and oxygen atoms in total. The molecule has 4 heteroatoms. The van der Waals surface area contributed by atoms with Crippen molar-refractivity contribution in [1.29, 1.82) is 0 Å². The number of hydrogen-bond acceptors (Lipinski definition) is 4. The molecule has 0 bridgehead atoms. The van der Waals surface area contributed by atoms with Crippen molar-refractivity contribution in [2.75, 3.05) is 7.11 Å². The third kappa shape index (κ3) is 4.45. The Morgan fingerprint density at radius 2 is 2.11 bits per heavy atom. The van der Waals surface area contributed by atoms with E-state index in [0.29, 0.717) is 0 Å². The number of methoxy groups -OCH3 is 1. The van der Waals surface area contributed by atoms with E-state index in [1.807, 2.05) is 19.1 Å². The number of carbonyl (C=O) groups is 1. The number of unbranched alkanes of at least 4 members (excludes halogenated alkanes) is 1. The number of esters is 1. The van der Waals surface area contributed by atoms with Gasteiger partial charge in [-0.2, -0.15) is 0 Å². The number of carbonyl (C=O) groups excluding carboxylic acids is 1. The average Bonchev–Trinajstić information content (AvgIpc) is 2.43. The maximum atomic E-state index is 11.7. The van der Waals surface area contributed by atoms with Gasteiger partial charge in [-0.25, -0.2) is 0 Å². The van der Waals surface area contributed by atoms with Crippen LogP contribution in [0.2, 0.25) is 0 Å². The molecular weight excluding hydrogens is 228 g/mol. The smallest absolute Gasteiger partial charge is 0.322 e. The average molecular weight is 250 g/mol. The van der Waals surface area contributed by atoms with Crippen molar-refractivity contribution >= 4 is 5.97 Å². The second-order valence-electron chi connectivity index (χ2n) is 4.39. The highest BCUT2D eigenvalue weighted by atomic mass is 16.5. The van der Waals surface area contributed by atoms with Crippen LogP contribution in [-0.4, -0.2) is 24.1 Å². The third-order valence-electron chi connectivity index (χ3n) is 2.99. The highest BCUT2D eigenvalue weighted by molar-refractivity contribution is 5.75. The molecule has 0 aliphatic rings. The molecule has 1 N–H and O–H groups in total. The van der Waals surface area contributed by atoms with E-state index in [0.717, 1.165) is 24.8 Å². The van der Waals surface area contributed by atoms with Gasteiger partial charge in [0, 0.05) is 18.4 Å². The molecule has 0 saturated heterocycles. The Morgan fingerprint density at radius 1 is 1.44 bits per heavy atom. The molecule has 0 aliphatic heterocycles. The van der Waals surface area contributed by atoms with Gasteiger partial charge in [0.25, 0.3) is 0 Å². The van der Waals surface area contributed by atoms with Crippen LogP contribution >= 0.6 is 0 Å². The number of nitrogens with one attached hydrogen (secondary N) is 1. The number of ether oxygens (including phenoxy) is 1. The van der Waals surface area contributed by atoms with Crippen molar-refractivity contribution in [3.63, 3.8) is 0 Å². The van der Waals surface area contributed by atoms with Gasteiger partial charge < -0.3 is 4.74 Å². The van der Waals surface area contributed by atoms with Crippen molar-refractivity contribution in [3.8, 4) is 0 Å². The zero-order valence-corrected chi connectivity index (χ0v) is 11.3. The van der Waals surface area contributed by atoms with Gasteiger partial charge >= 0.3 is 5.97 Å². The fraction of sp³-hybridized carbons (Fsp3) is 0.571. The van der Waals surface area contributed by atoms with Gasteiger partial charge in [0.2, 0.25) is 0 Å². The molecule has 100 valence electrons. The molecule has 0 radical (unpaired) electrons. The lowest BCUT2D eigenvalue weighted by Crippen LogP contribution is -2.39. The van der Waals surface area contributed by atoms with Crippen LogP contribution in [0.5, 0.6) is 0 Å². The minimum atomic E-state index is -0.238. The summed E-state index contributed by atoms with van der Waals surface area (Å²) >= 11 is 0. The Morgan fingerprint density at radius 3 is 2.67 bits per heavy atom. The van der Waals surface area contributed by atoms with Gasteiger partial charge in [0.1, 0.15) is 6.04 Å². The molecule has 0 fully saturated rings. The standard InChI is InChI=1S/C14H22N2O2/c1-4-5-6-13(14(17)18-3)16-11(2)12-7-9-15-10-8-12/h7-11,13,16H,4-6H2,1-3H3/t11-,13?/m0/s1. The lowest BCUT2D eigenvalue weighted by Gasteiger charge is -2.21. The summed E-state index contributed by atoms with van der Waals surface area (Å²) in [7, 11) is 1.43. The summed E-state index contributed by atoms with van der Waals surface area (Å²) in [6.07, 6.45) is 6.40. The highest BCUT2D eigenvalue weighted by Crippen LogP contribution is 2.13. The molecule has 1 aromatic heterocycles. The van der Waals surface area contributed by atoms with Gasteiger partial charge in [-0.1, -0.05) is 19.8 Å². The van der Waals surface area contributed by atoms with Gasteiger partial charge in [-0.05, 0) is 31.0 Å². The highest BCUT2D eigenvalue weighted by Gasteiger charge is 2.20. The first-order chi connectivity index (χ1) is 8.69. The maximum absolute atomic E-state index is 11.7. The zero-order chi connectivity index (χ0) is 13.4. The van der Waals surface area contributed by atoms with Crippen LogP contribution in [0.25, 0.3) is 0 Å². The normalized spacial score (nSPS) is 13.9. The Bertz CT molecular complexity index is 354. The van der Waals surface area contributed by atoms with Crippen LogP contribution in [0.3, 0.4) is 0 Å². The number of aromatic nitrogens is 1. The molecule has 0 aromatic carbocycles. The van der Waals surface area contributed by atoms with E-state index in [2.05, 4.69) is 17.2 Å². The second-order valence-corrected chi connectivity index (χ2v) is 4.39. The Hall–Kier alpha value is -1.42. The monoisotopic (exact) mass is 250 g/mol. The molecule has 1 rings (SSSR count). The molecule has 0 aliphatic carbocycles. The summed E-state index contributed by atoms with van der Waals surface area (Å²) < 4.78 is 4.83. The molecule has 0 spiro atoms. The minimum Gasteiger partial charge on any atom is -0.468 e. The third-order valence-corrected chi connectivity index (χ3v) is 2.99. The minimum absolute atomic E-state index is 0.106. The van der Waals surface area contributed by atoms with E-state index < -0.39 is 0 Å². The van der Waals surface area contributed by atoms with Crippen LogP contribution in [0.15, 0.2) is 24.5 Å². The van der Waals surface area contributed by atoms with Gasteiger partial charge in [0.05, 0.1) is 7.11 Å².